The Labute approximate surface area is 699 Å². The van der Waals surface area contributed by atoms with E-state index >= 15 is 0 Å². The highest BCUT2D eigenvalue weighted by molar-refractivity contribution is 5.88. The van der Waals surface area contributed by atoms with Crippen molar-refractivity contribution in [3.05, 3.63) is 137 Å². The highest BCUT2D eigenvalue weighted by Crippen LogP contribution is 2.48. The Bertz CT molecular complexity index is 4610. The Hall–Kier alpha value is -10.0. The van der Waals surface area contributed by atoms with Crippen molar-refractivity contribution in [1.29, 1.82) is 0 Å². The van der Waals surface area contributed by atoms with Crippen LogP contribution in [0.4, 0.5) is 0 Å². The average Bonchev–Trinajstić information content (AvgIpc) is 0.756. The van der Waals surface area contributed by atoms with E-state index < -0.39 is 300 Å². The van der Waals surface area contributed by atoms with Crippen molar-refractivity contribution >= 4 is 42.2 Å². The molecule has 1 unspecified atom stereocenters. The van der Waals surface area contributed by atoms with Crippen LogP contribution >= 0.6 is 0 Å². The van der Waals surface area contributed by atoms with Gasteiger partial charge in [-0.2, -0.15) is 0 Å². The van der Waals surface area contributed by atoms with Crippen LogP contribution in [0.15, 0.2) is 109 Å². The Morgan fingerprint density at radius 2 is 0.742 bits per heavy atom. The molecule has 7 aliphatic heterocycles. The summed E-state index contributed by atoms with van der Waals surface area (Å²) >= 11 is 0. The van der Waals surface area contributed by atoms with E-state index in [1.165, 1.54) is 49.6 Å². The van der Waals surface area contributed by atoms with Gasteiger partial charge in [-0.3, -0.25) is 0 Å². The lowest BCUT2D eigenvalue weighted by Crippen LogP contribution is -2.65. The van der Waals surface area contributed by atoms with Crippen molar-refractivity contribution in [2.45, 2.75) is 190 Å². The molecule has 0 spiro atoms. The highest BCUT2D eigenvalue weighted by Gasteiger charge is 2.56. The van der Waals surface area contributed by atoms with Crippen LogP contribution in [0, 0.1) is 0 Å². The Balaban J connectivity index is 0.793. The number of carbonyl (C=O) groups is 3. The van der Waals surface area contributed by atoms with Gasteiger partial charge in [-0.05, 0) is 89.5 Å². The summed E-state index contributed by atoms with van der Waals surface area (Å²) < 4.78 is 98.4. The van der Waals surface area contributed by atoms with Crippen LogP contribution in [0.3, 0.4) is 0 Å². The standard InChI is InChI=1S/C79H92O45/c1-108-42-19-32(8-11-35(42)86)70-45(22-34-40(110-70)20-33(85)21-41(34)112-74-67(105)61(99)55(93)46(23-80)116-74)115-78-73(124-79-72(65(103)59(97)50(27-84)120-79)123-54(92)15-7-31-3-10-37(88)44(18-31)114-76-69(107)63(101)57(95)48(25-82)118-76)66(104)60(98)51(121-78)28-109-52(90)13-5-29-4-12-39(38(89)16-29)111-77-71(64(102)58(96)49(26-83)119-77)122-53(91)14-6-30-2-9-36(87)43(17-30)113-75-68(106)62(100)56(94)47(24-81)117-75/h2-22,46-51,55-89,93-107H,23-28H2,1H3/b13-5+,14-6+,15-7+/t46-,47-,48-,49-,50-,51-,55-,56-,57-,58-,59-,60-,61+,62+,63+,64+,65+,66+,67-,68-,69-,70?,71-,72-,73-,74-,75-,76-,77-,78-,79+/m1/s1. The molecule has 25 N–H and O–H groups in total. The Morgan fingerprint density at radius 1 is 0.355 bits per heavy atom. The fraction of sp³-hybridized carbons (Fsp3) is 0.481. The summed E-state index contributed by atoms with van der Waals surface area (Å²) in [5.41, 5.74) is 0.0561. The smallest absolute Gasteiger partial charge is 0.331 e. The van der Waals surface area contributed by atoms with Crippen LogP contribution in [0.1, 0.15) is 33.9 Å². The Kier molecular flexibility index (Phi) is 30.4. The van der Waals surface area contributed by atoms with Crippen molar-refractivity contribution in [1.82, 2.24) is 0 Å². The van der Waals surface area contributed by atoms with Gasteiger partial charge in [0.15, 0.2) is 76.7 Å². The molecule has 0 radical (unpaired) electrons. The number of carbonyl (C=O) groups excluding carboxylic acids is 3. The van der Waals surface area contributed by atoms with Gasteiger partial charge in [-0.1, -0.05) is 24.3 Å². The minimum absolute atomic E-state index is 0.0272. The second-order valence-corrected chi connectivity index (χ2v) is 29.2. The molecule has 12 rings (SSSR count). The van der Waals surface area contributed by atoms with Crippen molar-refractivity contribution in [2.24, 2.45) is 0 Å². The zero-order valence-electron chi connectivity index (χ0n) is 64.6. The van der Waals surface area contributed by atoms with E-state index in [-0.39, 0.29) is 45.1 Å². The Morgan fingerprint density at radius 3 is 1.23 bits per heavy atom. The number of methoxy groups -OCH3 is 1. The van der Waals surface area contributed by atoms with Gasteiger partial charge in [-0.15, -0.1) is 0 Å². The molecule has 0 aromatic heterocycles. The molecule has 7 aliphatic rings. The summed E-state index contributed by atoms with van der Waals surface area (Å²) in [6.45, 7) is -5.50. The largest absolute Gasteiger partial charge is 0.508 e. The number of hydrogen-bond acceptors (Lipinski definition) is 45. The highest BCUT2D eigenvalue weighted by atomic mass is 16.8. The molecule has 6 saturated heterocycles. The lowest BCUT2D eigenvalue weighted by atomic mass is 9.96. The lowest BCUT2D eigenvalue weighted by molar-refractivity contribution is -0.364. The lowest BCUT2D eigenvalue weighted by Gasteiger charge is -2.47. The number of aliphatic hydroxyl groups excluding tert-OH is 20. The van der Waals surface area contributed by atoms with Crippen LogP contribution in [0.25, 0.3) is 24.3 Å². The predicted octanol–water partition coefficient (Wildman–Crippen LogP) is -7.15. The van der Waals surface area contributed by atoms with Crippen molar-refractivity contribution in [3.63, 3.8) is 0 Å². The molecule has 6 fully saturated rings. The first-order valence-corrected chi connectivity index (χ1v) is 38.1. The fourth-order valence-electron chi connectivity index (χ4n) is 13.9. The summed E-state index contributed by atoms with van der Waals surface area (Å²) in [6, 6.07) is 16.2. The number of esters is 3. The second kappa shape index (κ2) is 40.5. The molecular weight excluding hydrogens is 1670 g/mol. The maximum Gasteiger partial charge on any atom is 0.331 e. The van der Waals surface area contributed by atoms with Crippen LogP contribution in [-0.2, 0) is 66.5 Å². The van der Waals surface area contributed by atoms with Crippen LogP contribution < -0.4 is 28.4 Å². The molecule has 7 heterocycles. The molecule has 5 aromatic carbocycles. The number of rotatable bonds is 29. The van der Waals surface area contributed by atoms with Crippen molar-refractivity contribution in [2.75, 3.05) is 46.8 Å². The minimum atomic E-state index is -2.37. The van der Waals surface area contributed by atoms with E-state index in [2.05, 4.69) is 0 Å². The predicted molar refractivity (Wildman–Crippen MR) is 402 cm³/mol. The molecule has 0 amide bonds. The molecule has 5 aromatic rings. The maximum absolute atomic E-state index is 13.9. The van der Waals surface area contributed by atoms with Gasteiger partial charge < -0.3 is 208 Å². The summed E-state index contributed by atoms with van der Waals surface area (Å²) in [5.74, 6) is -9.03. The number of ether oxygens (including phenoxy) is 17. The van der Waals surface area contributed by atoms with E-state index in [9.17, 15) is 142 Å². The van der Waals surface area contributed by atoms with Crippen molar-refractivity contribution in [3.8, 4) is 63.2 Å². The van der Waals surface area contributed by atoms with Gasteiger partial charge in [0.2, 0.25) is 31.5 Å². The van der Waals surface area contributed by atoms with Crippen molar-refractivity contribution < 1.29 is 223 Å². The monoisotopic (exact) mass is 1760 g/mol. The van der Waals surface area contributed by atoms with E-state index in [0.29, 0.717) is 0 Å². The van der Waals surface area contributed by atoms with E-state index in [1.54, 1.807) is 0 Å². The van der Waals surface area contributed by atoms with E-state index in [0.717, 1.165) is 85.0 Å². The molecule has 0 bridgehead atoms. The molecule has 124 heavy (non-hydrogen) atoms. The molecule has 678 valence electrons. The summed E-state index contributed by atoms with van der Waals surface area (Å²) in [5, 5.41) is 268. The van der Waals surface area contributed by atoms with Gasteiger partial charge >= 0.3 is 17.9 Å². The summed E-state index contributed by atoms with van der Waals surface area (Å²) in [4.78, 5) is 41.1. The normalized spacial score (nSPS) is 35.0. The van der Waals surface area contributed by atoms with Gasteiger partial charge in [-0.25, -0.2) is 14.4 Å². The number of benzene rings is 5. The average molecular weight is 1760 g/mol. The SMILES string of the molecule is COc1cc(C2Oc3cc(O)cc(O[C@@H]4O[C@H](CO)[C@@H](O)[C@H](O)[C@H]4O)c3C=C2O[C@@H]2O[C@H](COC(=O)/C=C/c3ccc(O[C@@H]4O[C@H](CO)[C@@H](O)[C@H](O)[C@H]4OC(=O)/C=C/c4ccc(O)c(O[C@@H]5O[C@H](CO)[C@@H](O)[C@H](O)[C@H]5O)c4)c(O)c3)[C@@H](O)[C@H](O)[C@H]2O[C@@H]2O[C@H](CO)[C@@H](O)[C@H](O)[C@H]2OC(=O)/C=C/c2ccc(O)c(O[C@@H]3O[C@H](CO)[C@@H](O)[C@H](O)[C@H]3O)c2)ccc1O. The number of aliphatic hydroxyl groups is 20. The quantitative estimate of drug-likeness (QED) is 0.0120. The van der Waals surface area contributed by atoms with Crippen LogP contribution in [0.2, 0.25) is 0 Å². The van der Waals surface area contributed by atoms with Crippen LogP contribution in [-0.4, -0.2) is 377 Å². The van der Waals surface area contributed by atoms with Gasteiger partial charge in [0.1, 0.15) is 158 Å². The number of hydrogen-bond donors (Lipinski definition) is 25. The molecule has 45 nitrogen and oxygen atoms in total. The van der Waals surface area contributed by atoms with Gasteiger partial charge in [0, 0.05) is 35.9 Å². The molecular formula is C79H92O45. The van der Waals surface area contributed by atoms with E-state index in [4.69, 9.17) is 80.5 Å². The molecule has 31 atom stereocenters. The third-order valence-corrected chi connectivity index (χ3v) is 20.8. The topological polar surface area (TPSA) is 714 Å². The first-order chi connectivity index (χ1) is 59.1. The fourth-order valence-corrected chi connectivity index (χ4v) is 13.9. The second-order valence-electron chi connectivity index (χ2n) is 29.2. The van der Waals surface area contributed by atoms with Gasteiger partial charge in [0.05, 0.1) is 45.7 Å². The zero-order valence-corrected chi connectivity index (χ0v) is 64.6. The number of phenolic OH excluding ortho intramolecular Hbond substituents is 5. The number of fused-ring (bicyclic) bond motifs is 1. The molecule has 45 heteroatoms. The first-order valence-electron chi connectivity index (χ1n) is 38.1. The van der Waals surface area contributed by atoms with Gasteiger partial charge in [0.25, 0.3) is 0 Å². The zero-order chi connectivity index (χ0) is 89.6. The maximum atomic E-state index is 13.9. The summed E-state index contributed by atoms with van der Waals surface area (Å²) in [6.07, 6.45) is -52.2. The molecule has 0 aliphatic carbocycles. The number of aromatic hydroxyl groups is 5. The molecule has 0 saturated carbocycles. The third kappa shape index (κ3) is 20.7. The van der Waals surface area contributed by atoms with Crippen LogP contribution in [0.5, 0.6) is 63.2 Å². The number of phenols is 5. The van der Waals surface area contributed by atoms with E-state index in [1.807, 2.05) is 0 Å². The third-order valence-electron chi connectivity index (χ3n) is 20.8. The first kappa shape index (κ1) is 93.2. The minimum Gasteiger partial charge on any atom is -0.508 e. The summed E-state index contributed by atoms with van der Waals surface area (Å²) in [7, 11) is 1.20.